The molecule has 1 fully saturated rings. The van der Waals surface area contributed by atoms with Gasteiger partial charge in [-0.15, -0.1) is 0 Å². The Bertz CT molecular complexity index is 1070. The smallest absolute Gasteiger partial charge is 0.251 e. The zero-order valence-electron chi connectivity index (χ0n) is 16.6. The Kier molecular flexibility index (Phi) is 4.71. The predicted molar refractivity (Wildman–Crippen MR) is 108 cm³/mol. The molecule has 1 aliphatic rings. The molecule has 2 atom stereocenters. The molecular formula is C22H24N4O2. The molecule has 0 aliphatic heterocycles. The molecule has 144 valence electrons. The quantitative estimate of drug-likeness (QED) is 0.683. The fourth-order valence-corrected chi connectivity index (χ4v) is 3.36. The molecular weight excluding hydrogens is 352 g/mol. The summed E-state index contributed by atoms with van der Waals surface area (Å²) in [6.45, 7) is 6.36. The van der Waals surface area contributed by atoms with Crippen molar-refractivity contribution in [2.75, 3.05) is 6.61 Å². The van der Waals surface area contributed by atoms with Crippen molar-refractivity contribution in [2.24, 2.45) is 13.0 Å². The van der Waals surface area contributed by atoms with Gasteiger partial charge in [0.1, 0.15) is 5.82 Å². The fraction of sp³-hybridized carbons (Fsp3) is 0.364. The molecule has 3 heterocycles. The summed E-state index contributed by atoms with van der Waals surface area (Å²) < 4.78 is 7.71. The van der Waals surface area contributed by atoms with Gasteiger partial charge in [0.05, 0.1) is 12.2 Å². The molecule has 28 heavy (non-hydrogen) atoms. The van der Waals surface area contributed by atoms with Crippen LogP contribution in [0.15, 0.2) is 41.5 Å². The molecule has 0 aromatic carbocycles. The summed E-state index contributed by atoms with van der Waals surface area (Å²) in [5, 5.41) is 0. The van der Waals surface area contributed by atoms with Crippen molar-refractivity contribution in [1.29, 1.82) is 0 Å². The monoisotopic (exact) mass is 376 g/mol. The molecule has 0 saturated heterocycles. The zero-order valence-corrected chi connectivity index (χ0v) is 16.6. The Hall–Kier alpha value is -3.02. The van der Waals surface area contributed by atoms with Crippen LogP contribution in [0.3, 0.4) is 0 Å². The van der Waals surface area contributed by atoms with Crippen LogP contribution in [-0.4, -0.2) is 26.1 Å². The van der Waals surface area contributed by atoms with Gasteiger partial charge in [-0.05, 0) is 50.5 Å². The molecule has 0 bridgehead atoms. The van der Waals surface area contributed by atoms with Crippen molar-refractivity contribution in [3.05, 3.63) is 69.8 Å². The molecule has 0 N–H and O–H groups in total. The summed E-state index contributed by atoms with van der Waals surface area (Å²) in [5.74, 6) is 2.05. The maximum atomic E-state index is 12.2. The number of pyridine rings is 2. The summed E-state index contributed by atoms with van der Waals surface area (Å²) in [4.78, 5) is 25.5. The highest BCUT2D eigenvalue weighted by atomic mass is 16.5. The largest absolute Gasteiger partial charge is 0.477 e. The van der Waals surface area contributed by atoms with Crippen molar-refractivity contribution >= 4 is 0 Å². The van der Waals surface area contributed by atoms with Crippen molar-refractivity contribution in [3.8, 4) is 17.0 Å². The Balaban J connectivity index is 1.53. The van der Waals surface area contributed by atoms with E-state index in [2.05, 4.69) is 27.1 Å². The maximum absolute atomic E-state index is 12.2. The van der Waals surface area contributed by atoms with Crippen LogP contribution >= 0.6 is 0 Å². The molecule has 1 aliphatic carbocycles. The van der Waals surface area contributed by atoms with Crippen LogP contribution in [0, 0.1) is 26.7 Å². The van der Waals surface area contributed by atoms with Crippen molar-refractivity contribution < 1.29 is 4.74 Å². The van der Waals surface area contributed by atoms with Gasteiger partial charge >= 0.3 is 0 Å². The molecule has 6 heteroatoms. The average Bonchev–Trinajstić information content (AvgIpc) is 3.44. The molecule has 0 radical (unpaired) electrons. The van der Waals surface area contributed by atoms with E-state index in [9.17, 15) is 4.79 Å². The number of hydrogen-bond donors (Lipinski definition) is 0. The van der Waals surface area contributed by atoms with Gasteiger partial charge in [0.15, 0.2) is 0 Å². The second kappa shape index (κ2) is 7.19. The van der Waals surface area contributed by atoms with Gasteiger partial charge in [-0.2, -0.15) is 4.98 Å². The first-order valence-corrected chi connectivity index (χ1v) is 9.49. The highest BCUT2D eigenvalue weighted by Gasteiger charge is 2.40. The Labute approximate surface area is 164 Å². The number of rotatable bonds is 5. The third-order valence-corrected chi connectivity index (χ3v) is 5.36. The van der Waals surface area contributed by atoms with E-state index in [1.54, 1.807) is 23.9 Å². The Morgan fingerprint density at radius 2 is 1.96 bits per heavy atom. The van der Waals surface area contributed by atoms with Crippen LogP contribution < -0.4 is 10.3 Å². The summed E-state index contributed by atoms with van der Waals surface area (Å²) in [6, 6.07) is 7.76. The van der Waals surface area contributed by atoms with Gasteiger partial charge in [0.25, 0.3) is 5.56 Å². The Morgan fingerprint density at radius 1 is 1.14 bits per heavy atom. The molecule has 1 saturated carbocycles. The minimum atomic E-state index is -0.0609. The minimum Gasteiger partial charge on any atom is -0.477 e. The molecule has 1 unspecified atom stereocenters. The third-order valence-electron chi connectivity index (χ3n) is 5.36. The zero-order chi connectivity index (χ0) is 19.8. The number of aryl methyl sites for hydroxylation is 3. The van der Waals surface area contributed by atoms with E-state index in [4.69, 9.17) is 4.74 Å². The first-order chi connectivity index (χ1) is 13.4. The molecule has 3 aromatic heterocycles. The normalized spacial score (nSPS) is 18.1. The summed E-state index contributed by atoms with van der Waals surface area (Å²) in [6.07, 6.45) is 4.72. The lowest BCUT2D eigenvalue weighted by atomic mass is 10.1. The lowest BCUT2D eigenvalue weighted by molar-refractivity contribution is 0.285. The molecule has 6 nitrogen and oxygen atoms in total. The van der Waals surface area contributed by atoms with E-state index in [-0.39, 0.29) is 5.56 Å². The fourth-order valence-electron chi connectivity index (χ4n) is 3.36. The summed E-state index contributed by atoms with van der Waals surface area (Å²) in [5.41, 5.74) is 4.64. The van der Waals surface area contributed by atoms with Gasteiger partial charge in [0, 0.05) is 48.7 Å². The molecule has 3 aromatic rings. The number of ether oxygens (including phenoxy) is 1. The summed E-state index contributed by atoms with van der Waals surface area (Å²) >= 11 is 0. The van der Waals surface area contributed by atoms with Crippen LogP contribution in [-0.2, 0) is 7.05 Å². The SMILES string of the molecule is Cc1ccc([C@@H]2CC2COc2nc(C)ncc2-c2cc(C)n(C)c(=O)c2)nc1. The van der Waals surface area contributed by atoms with Gasteiger partial charge in [0.2, 0.25) is 5.88 Å². The number of nitrogens with zero attached hydrogens (tertiary/aromatic N) is 4. The van der Waals surface area contributed by atoms with Gasteiger partial charge in [-0.25, -0.2) is 4.98 Å². The second-order valence-electron chi connectivity index (χ2n) is 7.59. The van der Waals surface area contributed by atoms with E-state index in [1.807, 2.05) is 33.0 Å². The standard InChI is InChI=1S/C22H24N4O2/c1-13-5-6-20(24-10-13)18-8-17(18)12-28-22-19(11-23-15(3)25-22)16-7-14(2)26(4)21(27)9-16/h5-7,9-11,17-18H,8,12H2,1-4H3/t17?,18-/m1/s1. The van der Waals surface area contributed by atoms with Crippen molar-refractivity contribution in [3.63, 3.8) is 0 Å². The first-order valence-electron chi connectivity index (χ1n) is 9.49. The van der Waals surface area contributed by atoms with E-state index in [1.165, 1.54) is 5.56 Å². The Morgan fingerprint density at radius 3 is 2.68 bits per heavy atom. The maximum Gasteiger partial charge on any atom is 0.251 e. The highest BCUT2D eigenvalue weighted by Crippen LogP contribution is 2.47. The molecule has 0 spiro atoms. The summed E-state index contributed by atoms with van der Waals surface area (Å²) in [7, 11) is 1.76. The minimum absolute atomic E-state index is 0.0609. The van der Waals surface area contributed by atoms with Crippen LogP contribution in [0.2, 0.25) is 0 Å². The molecule has 0 amide bonds. The topological polar surface area (TPSA) is 69.9 Å². The predicted octanol–water partition coefficient (Wildman–Crippen LogP) is 3.35. The lowest BCUT2D eigenvalue weighted by Gasteiger charge is -2.12. The number of aromatic nitrogens is 4. The second-order valence-corrected chi connectivity index (χ2v) is 7.59. The average molecular weight is 376 g/mol. The van der Waals surface area contributed by atoms with Gasteiger partial charge in [-0.1, -0.05) is 6.07 Å². The van der Waals surface area contributed by atoms with Crippen LogP contribution in [0.25, 0.3) is 11.1 Å². The van der Waals surface area contributed by atoms with Gasteiger partial charge < -0.3 is 9.30 Å². The van der Waals surface area contributed by atoms with E-state index in [0.29, 0.717) is 30.1 Å². The third kappa shape index (κ3) is 3.67. The van der Waals surface area contributed by atoms with Crippen molar-refractivity contribution in [1.82, 2.24) is 19.5 Å². The van der Waals surface area contributed by atoms with E-state index < -0.39 is 0 Å². The van der Waals surface area contributed by atoms with Crippen molar-refractivity contribution in [2.45, 2.75) is 33.1 Å². The first kappa shape index (κ1) is 18.3. The lowest BCUT2D eigenvalue weighted by Crippen LogP contribution is -2.18. The van der Waals surface area contributed by atoms with E-state index >= 15 is 0 Å². The van der Waals surface area contributed by atoms with E-state index in [0.717, 1.165) is 28.9 Å². The van der Waals surface area contributed by atoms with Crippen LogP contribution in [0.4, 0.5) is 0 Å². The van der Waals surface area contributed by atoms with Gasteiger partial charge in [-0.3, -0.25) is 9.78 Å². The number of hydrogen-bond acceptors (Lipinski definition) is 5. The van der Waals surface area contributed by atoms with Crippen LogP contribution in [0.1, 0.15) is 35.1 Å². The molecule has 4 rings (SSSR count). The van der Waals surface area contributed by atoms with Crippen LogP contribution in [0.5, 0.6) is 5.88 Å². The highest BCUT2D eigenvalue weighted by molar-refractivity contribution is 5.67.